The number of aryl methyl sites for hydroxylation is 2. The van der Waals surface area contributed by atoms with Crippen LogP contribution in [0.5, 0.6) is 0 Å². The first-order valence-electron chi connectivity index (χ1n) is 6.23. The third-order valence-electron chi connectivity index (χ3n) is 3.71. The van der Waals surface area contributed by atoms with Crippen LogP contribution in [0.3, 0.4) is 0 Å². The molecule has 0 radical (unpaired) electrons. The predicted octanol–water partition coefficient (Wildman–Crippen LogP) is 0.931. The molecule has 1 saturated heterocycles. The quantitative estimate of drug-likeness (QED) is 0.830. The number of hydrogen-bond acceptors (Lipinski definition) is 3. The van der Waals surface area contributed by atoms with Crippen molar-refractivity contribution in [1.29, 1.82) is 0 Å². The number of likely N-dealkylation sites (tertiary alicyclic amines) is 1. The smallest absolute Gasteiger partial charge is 0.325 e. The van der Waals surface area contributed by atoms with Crippen LogP contribution in [0.1, 0.15) is 27.9 Å². The van der Waals surface area contributed by atoms with Crippen LogP contribution in [0.4, 0.5) is 0 Å². The van der Waals surface area contributed by atoms with Gasteiger partial charge in [-0.05, 0) is 31.4 Å². The summed E-state index contributed by atoms with van der Waals surface area (Å²) in [4.78, 5) is 25.1. The van der Waals surface area contributed by atoms with Crippen LogP contribution in [-0.4, -0.2) is 40.5 Å². The molecule has 1 atom stereocenters. The average molecular weight is 262 g/mol. The van der Waals surface area contributed by atoms with Gasteiger partial charge in [-0.15, -0.1) is 0 Å². The van der Waals surface area contributed by atoms with E-state index in [-0.39, 0.29) is 12.5 Å². The topological polar surface area (TPSA) is 83.6 Å². The number of hydrogen-bond donors (Lipinski definition) is 2. The molecule has 5 nitrogen and oxygen atoms in total. The Morgan fingerprint density at radius 1 is 1.32 bits per heavy atom. The Morgan fingerprint density at radius 3 is 2.37 bits per heavy atom. The molecule has 0 bridgehead atoms. The Labute approximate surface area is 112 Å². The fourth-order valence-corrected chi connectivity index (χ4v) is 2.49. The standard InChI is InChI=1S/C14H18N2O3/c1-9-4-3-5-10(2)11(9)12(17)16-7-6-14(15,8-16)13(18)19/h3-5H,6-8,15H2,1-2H3,(H,18,19). The molecule has 1 amide bonds. The molecule has 5 heteroatoms. The van der Waals surface area contributed by atoms with Crippen molar-refractivity contribution in [3.05, 3.63) is 34.9 Å². The first-order chi connectivity index (χ1) is 8.85. The van der Waals surface area contributed by atoms with Gasteiger partial charge < -0.3 is 15.7 Å². The number of benzene rings is 1. The van der Waals surface area contributed by atoms with E-state index < -0.39 is 11.5 Å². The molecule has 102 valence electrons. The third kappa shape index (κ3) is 2.33. The van der Waals surface area contributed by atoms with Crippen molar-refractivity contribution in [2.45, 2.75) is 25.8 Å². The normalized spacial score (nSPS) is 22.6. The first-order valence-corrected chi connectivity index (χ1v) is 6.23. The molecule has 1 aliphatic heterocycles. The van der Waals surface area contributed by atoms with Gasteiger partial charge in [-0.25, -0.2) is 0 Å². The Kier molecular flexibility index (Phi) is 3.32. The summed E-state index contributed by atoms with van der Waals surface area (Å²) in [6.07, 6.45) is 0.291. The third-order valence-corrected chi connectivity index (χ3v) is 3.71. The summed E-state index contributed by atoms with van der Waals surface area (Å²) >= 11 is 0. The zero-order valence-electron chi connectivity index (χ0n) is 11.1. The molecule has 3 N–H and O–H groups in total. The van der Waals surface area contributed by atoms with E-state index in [1.165, 1.54) is 4.90 Å². The summed E-state index contributed by atoms with van der Waals surface area (Å²) in [5.41, 5.74) is 6.92. The maximum atomic E-state index is 12.5. The summed E-state index contributed by atoms with van der Waals surface area (Å²) in [7, 11) is 0. The van der Waals surface area contributed by atoms with Gasteiger partial charge in [0.25, 0.3) is 5.91 Å². The van der Waals surface area contributed by atoms with Crippen LogP contribution in [0, 0.1) is 13.8 Å². The molecular weight excluding hydrogens is 244 g/mol. The molecule has 1 fully saturated rings. The molecule has 0 aromatic heterocycles. The monoisotopic (exact) mass is 262 g/mol. The summed E-state index contributed by atoms with van der Waals surface area (Å²) in [6.45, 7) is 4.21. The maximum Gasteiger partial charge on any atom is 0.325 e. The van der Waals surface area contributed by atoms with Crippen molar-refractivity contribution < 1.29 is 14.7 Å². The molecule has 1 aromatic carbocycles. The molecule has 1 heterocycles. The highest BCUT2D eigenvalue weighted by Gasteiger charge is 2.43. The van der Waals surface area contributed by atoms with Crippen LogP contribution in [-0.2, 0) is 4.79 Å². The Morgan fingerprint density at radius 2 is 1.89 bits per heavy atom. The van der Waals surface area contributed by atoms with Crippen molar-refractivity contribution in [2.24, 2.45) is 5.73 Å². The SMILES string of the molecule is Cc1cccc(C)c1C(=O)N1CCC(N)(C(=O)O)C1. The van der Waals surface area contributed by atoms with E-state index in [1.54, 1.807) is 0 Å². The minimum absolute atomic E-state index is 0.0644. The zero-order valence-corrected chi connectivity index (χ0v) is 11.1. The molecule has 0 saturated carbocycles. The van der Waals surface area contributed by atoms with Crippen molar-refractivity contribution in [1.82, 2.24) is 4.90 Å². The van der Waals surface area contributed by atoms with E-state index in [9.17, 15) is 9.59 Å². The Hall–Kier alpha value is -1.88. The van der Waals surface area contributed by atoms with Gasteiger partial charge in [0.2, 0.25) is 0 Å². The number of carbonyl (C=O) groups is 2. The second kappa shape index (κ2) is 4.66. The molecule has 1 aliphatic rings. The first kappa shape index (κ1) is 13.5. The van der Waals surface area contributed by atoms with Gasteiger partial charge in [0.05, 0.1) is 0 Å². The number of nitrogens with zero attached hydrogens (tertiary/aromatic N) is 1. The van der Waals surface area contributed by atoms with Crippen LogP contribution in [0.15, 0.2) is 18.2 Å². The van der Waals surface area contributed by atoms with Gasteiger partial charge in [0, 0.05) is 18.7 Å². The highest BCUT2D eigenvalue weighted by atomic mass is 16.4. The van der Waals surface area contributed by atoms with Gasteiger partial charge in [-0.2, -0.15) is 0 Å². The van der Waals surface area contributed by atoms with Crippen LogP contribution in [0.2, 0.25) is 0 Å². The lowest BCUT2D eigenvalue weighted by molar-refractivity contribution is -0.142. The van der Waals surface area contributed by atoms with Crippen molar-refractivity contribution in [3.8, 4) is 0 Å². The number of carboxylic acids is 1. The highest BCUT2D eigenvalue weighted by Crippen LogP contribution is 2.23. The minimum atomic E-state index is -1.31. The summed E-state index contributed by atoms with van der Waals surface area (Å²) in [5, 5.41) is 9.09. The Balaban J connectivity index is 2.25. The fraction of sp³-hybridized carbons (Fsp3) is 0.429. The largest absolute Gasteiger partial charge is 0.480 e. The lowest BCUT2D eigenvalue weighted by Gasteiger charge is -2.21. The molecule has 2 rings (SSSR count). The van der Waals surface area contributed by atoms with Crippen LogP contribution < -0.4 is 5.73 Å². The predicted molar refractivity (Wildman–Crippen MR) is 71.0 cm³/mol. The molecular formula is C14H18N2O3. The maximum absolute atomic E-state index is 12.5. The van der Waals surface area contributed by atoms with Crippen molar-refractivity contribution >= 4 is 11.9 Å². The number of rotatable bonds is 2. The molecule has 1 aromatic rings. The molecule has 0 aliphatic carbocycles. The number of carboxylic acid groups (broad SMARTS) is 1. The molecule has 19 heavy (non-hydrogen) atoms. The summed E-state index contributed by atoms with van der Waals surface area (Å²) < 4.78 is 0. The fourth-order valence-electron chi connectivity index (χ4n) is 2.49. The van der Waals surface area contributed by atoms with Crippen molar-refractivity contribution in [3.63, 3.8) is 0 Å². The van der Waals surface area contributed by atoms with Crippen molar-refractivity contribution in [2.75, 3.05) is 13.1 Å². The number of carbonyl (C=O) groups excluding carboxylic acids is 1. The van der Waals surface area contributed by atoms with Crippen LogP contribution in [0.25, 0.3) is 0 Å². The second-order valence-electron chi connectivity index (χ2n) is 5.20. The van der Waals surface area contributed by atoms with E-state index in [4.69, 9.17) is 10.8 Å². The average Bonchev–Trinajstić information content (AvgIpc) is 2.73. The highest BCUT2D eigenvalue weighted by molar-refractivity contribution is 5.98. The van der Waals surface area contributed by atoms with Gasteiger partial charge >= 0.3 is 5.97 Å². The zero-order chi connectivity index (χ0) is 14.2. The lowest BCUT2D eigenvalue weighted by Crippen LogP contribution is -2.50. The summed E-state index contributed by atoms with van der Waals surface area (Å²) in [5.74, 6) is -1.19. The van der Waals surface area contributed by atoms with Gasteiger partial charge in [0.15, 0.2) is 0 Å². The second-order valence-corrected chi connectivity index (χ2v) is 5.20. The molecule has 0 spiro atoms. The minimum Gasteiger partial charge on any atom is -0.480 e. The van der Waals surface area contributed by atoms with E-state index in [2.05, 4.69) is 0 Å². The number of nitrogens with two attached hydrogens (primary N) is 1. The molecule has 1 unspecified atom stereocenters. The lowest BCUT2D eigenvalue weighted by atomic mass is 10.0. The van der Waals surface area contributed by atoms with E-state index in [0.29, 0.717) is 18.5 Å². The van der Waals surface area contributed by atoms with Crippen LogP contribution >= 0.6 is 0 Å². The van der Waals surface area contributed by atoms with E-state index in [0.717, 1.165) is 11.1 Å². The van der Waals surface area contributed by atoms with Gasteiger partial charge in [0.1, 0.15) is 5.54 Å². The van der Waals surface area contributed by atoms with E-state index >= 15 is 0 Å². The summed E-state index contributed by atoms with van der Waals surface area (Å²) in [6, 6.07) is 5.66. The van der Waals surface area contributed by atoms with Gasteiger partial charge in [-0.1, -0.05) is 18.2 Å². The van der Waals surface area contributed by atoms with Gasteiger partial charge in [-0.3, -0.25) is 9.59 Å². The Bertz CT molecular complexity index is 521. The number of aliphatic carboxylic acids is 1. The number of amides is 1. The van der Waals surface area contributed by atoms with E-state index in [1.807, 2.05) is 32.0 Å².